The Labute approximate surface area is 214 Å². The molecule has 0 aliphatic heterocycles. The van der Waals surface area contributed by atoms with E-state index < -0.39 is 0 Å². The fourth-order valence-corrected chi connectivity index (χ4v) is 7.17. The molecule has 1 aliphatic carbocycles. The molecule has 4 nitrogen and oxygen atoms in total. The van der Waals surface area contributed by atoms with Gasteiger partial charge in [0.05, 0.1) is 5.75 Å². The van der Waals surface area contributed by atoms with E-state index in [1.54, 1.807) is 24.2 Å². The Kier molecular flexibility index (Phi) is 9.02. The number of rotatable bonds is 7. The Morgan fingerprint density at radius 3 is 2.24 bits per heavy atom. The van der Waals surface area contributed by atoms with E-state index >= 15 is 0 Å². The number of amides is 1. The largest absolute Gasteiger partial charge is 0.507 e. The van der Waals surface area contributed by atoms with Crippen LogP contribution in [0, 0.1) is 0 Å². The monoisotopic (exact) mass is 500 g/mol. The van der Waals surface area contributed by atoms with Gasteiger partial charge < -0.3 is 10.4 Å². The molecule has 34 heavy (non-hydrogen) atoms. The number of hydrogen-bond donors (Lipinski definition) is 2. The van der Waals surface area contributed by atoms with E-state index in [4.69, 9.17) is 0 Å². The summed E-state index contributed by atoms with van der Waals surface area (Å²) in [5, 5.41) is 15.0. The van der Waals surface area contributed by atoms with Crippen molar-refractivity contribution < 1.29 is 9.90 Å². The van der Waals surface area contributed by atoms with Gasteiger partial charge in [0.25, 0.3) is 0 Å². The number of phenols is 1. The topological polar surface area (TPSA) is 62.2 Å². The predicted octanol–water partition coefficient (Wildman–Crippen LogP) is 6.84. The maximum absolute atomic E-state index is 12.5. The van der Waals surface area contributed by atoms with Gasteiger partial charge in [-0.2, -0.15) is 0 Å². The van der Waals surface area contributed by atoms with Crippen molar-refractivity contribution in [3.05, 3.63) is 53.3 Å². The zero-order valence-electron chi connectivity index (χ0n) is 21.5. The lowest BCUT2D eigenvalue weighted by atomic mass is 9.79. The number of hydrogen-bond acceptors (Lipinski definition) is 5. The van der Waals surface area contributed by atoms with Crippen molar-refractivity contribution in [3.63, 3.8) is 0 Å². The molecule has 1 fully saturated rings. The molecule has 2 aromatic rings. The van der Waals surface area contributed by atoms with Gasteiger partial charge in [0.1, 0.15) is 5.75 Å². The Morgan fingerprint density at radius 2 is 1.68 bits per heavy atom. The van der Waals surface area contributed by atoms with E-state index in [9.17, 15) is 9.90 Å². The lowest BCUT2D eigenvalue weighted by molar-refractivity contribution is -0.118. The number of benzene rings is 1. The van der Waals surface area contributed by atoms with Crippen LogP contribution >= 0.6 is 23.5 Å². The van der Waals surface area contributed by atoms with Crippen molar-refractivity contribution >= 4 is 29.4 Å². The summed E-state index contributed by atoms with van der Waals surface area (Å²) in [4.78, 5) is 17.8. The summed E-state index contributed by atoms with van der Waals surface area (Å²) in [5.74, 6) is 1.000. The van der Waals surface area contributed by atoms with E-state index in [1.807, 2.05) is 23.9 Å². The Hall–Kier alpha value is -1.66. The molecule has 2 atom stereocenters. The van der Waals surface area contributed by atoms with Crippen LogP contribution < -0.4 is 5.32 Å². The number of thioether (sulfide) groups is 2. The van der Waals surface area contributed by atoms with Gasteiger partial charge in [-0.05, 0) is 47.4 Å². The number of phenolic OH excluding ortho intramolecular Hbond substituents is 1. The van der Waals surface area contributed by atoms with Crippen LogP contribution in [0.1, 0.15) is 83.9 Å². The number of nitrogens with one attached hydrogen (secondary N) is 1. The first-order chi connectivity index (χ1) is 15.9. The SMILES string of the molecule is CC(C)(C)c1cc(S[C@@H]2CCCC[C@H]2SCC(=O)NCc2cccnc2)cc(C(C)(C)C)c1O. The minimum Gasteiger partial charge on any atom is -0.507 e. The second-order valence-electron chi connectivity index (χ2n) is 11.3. The molecular weight excluding hydrogens is 460 g/mol. The molecule has 0 radical (unpaired) electrons. The summed E-state index contributed by atoms with van der Waals surface area (Å²) >= 11 is 3.72. The normalized spacial score (nSPS) is 19.1. The quantitative estimate of drug-likeness (QED) is 0.436. The highest BCUT2D eigenvalue weighted by molar-refractivity contribution is 8.04. The van der Waals surface area contributed by atoms with Gasteiger partial charge in [0.2, 0.25) is 5.91 Å². The summed E-state index contributed by atoms with van der Waals surface area (Å²) in [5.41, 5.74) is 2.78. The molecule has 1 heterocycles. The van der Waals surface area contributed by atoms with Crippen LogP contribution in [0.15, 0.2) is 41.6 Å². The number of carbonyl (C=O) groups excluding carboxylic acids is 1. The average Bonchev–Trinajstić information content (AvgIpc) is 2.77. The fourth-order valence-electron chi connectivity index (χ4n) is 4.32. The van der Waals surface area contributed by atoms with Gasteiger partial charge in [-0.3, -0.25) is 9.78 Å². The Balaban J connectivity index is 1.69. The summed E-state index contributed by atoms with van der Waals surface area (Å²) in [7, 11) is 0. The summed E-state index contributed by atoms with van der Waals surface area (Å²) in [6.45, 7) is 13.5. The number of pyridine rings is 1. The molecule has 186 valence electrons. The molecule has 0 bridgehead atoms. The van der Waals surface area contributed by atoms with E-state index in [2.05, 4.69) is 64.0 Å². The van der Waals surface area contributed by atoms with Crippen LogP contribution in [0.2, 0.25) is 0 Å². The van der Waals surface area contributed by atoms with Crippen molar-refractivity contribution in [1.82, 2.24) is 10.3 Å². The standard InChI is InChI=1S/C28H40N2O2S2/c1-27(2,3)21-14-20(15-22(26(21)32)28(4,5)6)34-24-12-8-7-11-23(24)33-18-25(31)30-17-19-10-9-13-29-16-19/h9-10,13-16,23-24,32H,7-8,11-12,17-18H2,1-6H3,(H,30,31)/t23-,24-/m1/s1. The van der Waals surface area contributed by atoms with Crippen LogP contribution in [-0.2, 0) is 22.2 Å². The Morgan fingerprint density at radius 1 is 1.06 bits per heavy atom. The third-order valence-corrected chi connectivity index (χ3v) is 9.24. The summed E-state index contributed by atoms with van der Waals surface area (Å²) < 4.78 is 0. The third kappa shape index (κ3) is 7.42. The van der Waals surface area contributed by atoms with Crippen LogP contribution in [0.4, 0.5) is 0 Å². The molecule has 3 rings (SSSR count). The molecule has 6 heteroatoms. The molecule has 0 saturated heterocycles. The number of aromatic hydroxyl groups is 1. The van der Waals surface area contributed by atoms with E-state index in [-0.39, 0.29) is 16.7 Å². The maximum atomic E-state index is 12.5. The lowest BCUT2D eigenvalue weighted by Crippen LogP contribution is -2.29. The van der Waals surface area contributed by atoms with Gasteiger partial charge >= 0.3 is 0 Å². The first-order valence-electron chi connectivity index (χ1n) is 12.3. The first-order valence-corrected chi connectivity index (χ1v) is 14.2. The average molecular weight is 501 g/mol. The molecule has 0 unspecified atom stereocenters. The van der Waals surface area contributed by atoms with Crippen LogP contribution in [0.5, 0.6) is 5.75 Å². The molecule has 1 aromatic carbocycles. The van der Waals surface area contributed by atoms with Crippen LogP contribution in [0.3, 0.4) is 0 Å². The second-order valence-corrected chi connectivity index (χ2v) is 13.8. The van der Waals surface area contributed by atoms with E-state index in [0.717, 1.165) is 29.5 Å². The highest BCUT2D eigenvalue weighted by Crippen LogP contribution is 2.45. The van der Waals surface area contributed by atoms with E-state index in [0.29, 0.717) is 28.5 Å². The highest BCUT2D eigenvalue weighted by atomic mass is 32.2. The van der Waals surface area contributed by atoms with Gasteiger partial charge in [-0.15, -0.1) is 23.5 Å². The van der Waals surface area contributed by atoms with Gasteiger partial charge in [0.15, 0.2) is 0 Å². The van der Waals surface area contributed by atoms with Crippen molar-refractivity contribution in [2.45, 2.75) is 100.0 Å². The minimum absolute atomic E-state index is 0.0813. The van der Waals surface area contributed by atoms with Crippen LogP contribution in [0.25, 0.3) is 0 Å². The summed E-state index contributed by atoms with van der Waals surface area (Å²) in [6, 6.07) is 8.24. The first kappa shape index (κ1) is 26.9. The smallest absolute Gasteiger partial charge is 0.230 e. The second kappa shape index (κ2) is 11.4. The molecule has 1 aromatic heterocycles. The molecular formula is C28H40N2O2S2. The lowest BCUT2D eigenvalue weighted by Gasteiger charge is -2.32. The van der Waals surface area contributed by atoms with Crippen LogP contribution in [-0.4, -0.2) is 32.3 Å². The maximum Gasteiger partial charge on any atom is 0.230 e. The predicted molar refractivity (Wildman–Crippen MR) is 146 cm³/mol. The molecule has 1 aliphatic rings. The molecule has 0 spiro atoms. The molecule has 1 amide bonds. The summed E-state index contributed by atoms with van der Waals surface area (Å²) in [6.07, 6.45) is 8.30. The van der Waals surface area contributed by atoms with Gasteiger partial charge in [-0.25, -0.2) is 0 Å². The molecule has 2 N–H and O–H groups in total. The van der Waals surface area contributed by atoms with Crippen molar-refractivity contribution in [2.75, 3.05) is 5.75 Å². The zero-order valence-corrected chi connectivity index (χ0v) is 23.1. The van der Waals surface area contributed by atoms with Crippen molar-refractivity contribution in [3.8, 4) is 5.75 Å². The van der Waals surface area contributed by atoms with Gasteiger partial charge in [0, 0.05) is 45.5 Å². The van der Waals surface area contributed by atoms with Gasteiger partial charge in [-0.1, -0.05) is 60.5 Å². The fraction of sp³-hybridized carbons (Fsp3) is 0.571. The van der Waals surface area contributed by atoms with Crippen molar-refractivity contribution in [2.24, 2.45) is 0 Å². The third-order valence-electron chi connectivity index (χ3n) is 6.27. The number of nitrogens with zero attached hydrogens (tertiary/aromatic N) is 1. The minimum atomic E-state index is -0.131. The van der Waals surface area contributed by atoms with E-state index in [1.165, 1.54) is 17.7 Å². The molecule has 1 saturated carbocycles. The zero-order chi connectivity index (χ0) is 24.9. The highest BCUT2D eigenvalue weighted by Gasteiger charge is 2.30. The number of carbonyl (C=O) groups is 1. The Bertz CT molecular complexity index is 930. The number of aromatic nitrogens is 1. The van der Waals surface area contributed by atoms with Crippen molar-refractivity contribution in [1.29, 1.82) is 0 Å².